The Hall–Kier alpha value is -1.02. The maximum Gasteiger partial charge on any atom is 0.0974 e. The van der Waals surface area contributed by atoms with Crippen LogP contribution in [0.4, 0.5) is 5.69 Å². The molecule has 0 bridgehead atoms. The van der Waals surface area contributed by atoms with Crippen molar-refractivity contribution in [1.82, 2.24) is 0 Å². The fourth-order valence-corrected chi connectivity index (χ4v) is 4.87. The van der Waals surface area contributed by atoms with Crippen molar-refractivity contribution in [2.45, 2.75) is 56.6 Å². The van der Waals surface area contributed by atoms with Gasteiger partial charge in [-0.05, 0) is 32.3 Å². The quantitative estimate of drug-likeness (QED) is 0.756. The van der Waals surface area contributed by atoms with E-state index in [1.165, 1.54) is 49.8 Å². The average Bonchev–Trinajstić information content (AvgIpc) is 2.84. The molecule has 0 radical (unpaired) electrons. The predicted molar refractivity (Wildman–Crippen MR) is 77.3 cm³/mol. The molecule has 1 aromatic carbocycles. The van der Waals surface area contributed by atoms with Crippen molar-refractivity contribution < 1.29 is 4.74 Å². The van der Waals surface area contributed by atoms with Crippen molar-refractivity contribution in [2.24, 2.45) is 5.92 Å². The molecule has 0 aromatic heterocycles. The number of benzene rings is 1. The number of anilines is 1. The van der Waals surface area contributed by atoms with Crippen LogP contribution >= 0.6 is 0 Å². The number of ether oxygens (including phenoxy) is 1. The van der Waals surface area contributed by atoms with Gasteiger partial charge in [0.1, 0.15) is 0 Å². The van der Waals surface area contributed by atoms with E-state index < -0.39 is 0 Å². The summed E-state index contributed by atoms with van der Waals surface area (Å²) >= 11 is 0. The number of hydrogen-bond donors (Lipinski definition) is 1. The summed E-state index contributed by atoms with van der Waals surface area (Å²) in [6, 6.07) is 8.76. The van der Waals surface area contributed by atoms with Gasteiger partial charge in [0, 0.05) is 29.3 Å². The van der Waals surface area contributed by atoms with Crippen LogP contribution in [0, 0.1) is 5.92 Å². The molecule has 1 aromatic rings. The van der Waals surface area contributed by atoms with Crippen molar-refractivity contribution in [3.63, 3.8) is 0 Å². The molecule has 2 aliphatic heterocycles. The number of hydrogen-bond acceptors (Lipinski definition) is 2. The van der Waals surface area contributed by atoms with E-state index in [1.54, 1.807) is 0 Å². The Bertz CT molecular complexity index is 492. The van der Waals surface area contributed by atoms with Crippen LogP contribution in [0.1, 0.15) is 51.0 Å². The molecule has 1 saturated carbocycles. The van der Waals surface area contributed by atoms with E-state index in [2.05, 4.69) is 36.5 Å². The van der Waals surface area contributed by atoms with Gasteiger partial charge >= 0.3 is 0 Å². The fraction of sp³-hybridized carbons (Fsp3) is 0.647. The van der Waals surface area contributed by atoms with Crippen LogP contribution in [0.2, 0.25) is 0 Å². The first-order chi connectivity index (χ1) is 9.25. The van der Waals surface area contributed by atoms with Crippen LogP contribution in [-0.4, -0.2) is 12.1 Å². The highest BCUT2D eigenvalue weighted by Gasteiger charge is 2.56. The number of rotatable bonds is 0. The molecule has 19 heavy (non-hydrogen) atoms. The molecule has 0 amide bonds. The van der Waals surface area contributed by atoms with E-state index in [9.17, 15) is 0 Å². The van der Waals surface area contributed by atoms with Gasteiger partial charge < -0.3 is 10.1 Å². The summed E-state index contributed by atoms with van der Waals surface area (Å²) in [4.78, 5) is 0. The van der Waals surface area contributed by atoms with Crippen molar-refractivity contribution in [2.75, 3.05) is 11.9 Å². The first-order valence-electron chi connectivity index (χ1n) is 7.76. The summed E-state index contributed by atoms with van der Waals surface area (Å²) in [5.74, 6) is 0.634. The average molecular weight is 257 g/mol. The molecule has 2 fully saturated rings. The summed E-state index contributed by atoms with van der Waals surface area (Å²) in [6.45, 7) is 3.24. The van der Waals surface area contributed by atoms with E-state index in [4.69, 9.17) is 4.74 Å². The molecule has 2 nitrogen and oxygen atoms in total. The fourth-order valence-electron chi connectivity index (χ4n) is 4.87. The lowest BCUT2D eigenvalue weighted by molar-refractivity contribution is -0.0378. The molecule has 1 saturated heterocycles. The second kappa shape index (κ2) is 3.99. The molecule has 1 aliphatic carbocycles. The molecule has 102 valence electrons. The minimum atomic E-state index is -0.0703. The highest BCUT2D eigenvalue weighted by Crippen LogP contribution is 2.56. The van der Waals surface area contributed by atoms with Gasteiger partial charge in [-0.1, -0.05) is 37.5 Å². The number of nitrogens with one attached hydrogen (secondary N) is 1. The smallest absolute Gasteiger partial charge is 0.0974 e. The lowest BCUT2D eigenvalue weighted by Crippen LogP contribution is -2.56. The van der Waals surface area contributed by atoms with Gasteiger partial charge in [-0.2, -0.15) is 0 Å². The van der Waals surface area contributed by atoms with Gasteiger partial charge in [-0.25, -0.2) is 0 Å². The Kier molecular flexibility index (Phi) is 2.47. The molecule has 1 spiro atoms. The minimum Gasteiger partial charge on any atom is -0.379 e. The van der Waals surface area contributed by atoms with Gasteiger partial charge in [0.2, 0.25) is 0 Å². The Balaban J connectivity index is 1.86. The third-order valence-electron chi connectivity index (χ3n) is 5.73. The molecule has 2 heterocycles. The first kappa shape index (κ1) is 11.8. The second-order valence-electron chi connectivity index (χ2n) is 6.68. The summed E-state index contributed by atoms with van der Waals surface area (Å²) < 4.78 is 6.26. The Morgan fingerprint density at radius 2 is 1.95 bits per heavy atom. The lowest BCUT2D eigenvalue weighted by atomic mass is 9.62. The van der Waals surface area contributed by atoms with Crippen LogP contribution in [0.3, 0.4) is 0 Å². The van der Waals surface area contributed by atoms with Gasteiger partial charge in [-0.15, -0.1) is 0 Å². The van der Waals surface area contributed by atoms with Gasteiger partial charge in [-0.3, -0.25) is 0 Å². The summed E-state index contributed by atoms with van der Waals surface area (Å²) in [7, 11) is 0. The SMILES string of the molecule is CC12OCCC1C1(CCCCC1)Nc1ccccc12. The van der Waals surface area contributed by atoms with Gasteiger partial charge in [0.15, 0.2) is 0 Å². The summed E-state index contributed by atoms with van der Waals surface area (Å²) in [6.07, 6.45) is 7.95. The zero-order chi connectivity index (χ0) is 12.9. The zero-order valence-corrected chi connectivity index (χ0v) is 11.7. The molecule has 3 aliphatic rings. The number of para-hydroxylation sites is 1. The topological polar surface area (TPSA) is 21.3 Å². The van der Waals surface area contributed by atoms with Crippen molar-refractivity contribution >= 4 is 5.69 Å². The summed E-state index contributed by atoms with van der Waals surface area (Å²) in [5, 5.41) is 3.93. The van der Waals surface area contributed by atoms with Crippen LogP contribution in [0.5, 0.6) is 0 Å². The van der Waals surface area contributed by atoms with Gasteiger partial charge in [0.25, 0.3) is 0 Å². The Morgan fingerprint density at radius 1 is 1.16 bits per heavy atom. The molecule has 2 atom stereocenters. The van der Waals surface area contributed by atoms with E-state index in [0.717, 1.165) is 6.61 Å². The van der Waals surface area contributed by atoms with Gasteiger partial charge in [0.05, 0.1) is 5.60 Å². The van der Waals surface area contributed by atoms with Crippen LogP contribution in [0.15, 0.2) is 24.3 Å². The highest BCUT2D eigenvalue weighted by atomic mass is 16.5. The summed E-state index contributed by atoms with van der Waals surface area (Å²) in [5.41, 5.74) is 2.90. The second-order valence-corrected chi connectivity index (χ2v) is 6.68. The molecule has 2 heteroatoms. The Morgan fingerprint density at radius 3 is 2.79 bits per heavy atom. The van der Waals surface area contributed by atoms with Crippen LogP contribution in [0.25, 0.3) is 0 Å². The van der Waals surface area contributed by atoms with Crippen LogP contribution in [-0.2, 0) is 10.3 Å². The maximum absolute atomic E-state index is 6.26. The van der Waals surface area contributed by atoms with E-state index in [-0.39, 0.29) is 11.1 Å². The van der Waals surface area contributed by atoms with Crippen molar-refractivity contribution in [1.29, 1.82) is 0 Å². The highest BCUT2D eigenvalue weighted by molar-refractivity contribution is 5.59. The van der Waals surface area contributed by atoms with Crippen LogP contribution < -0.4 is 5.32 Å². The minimum absolute atomic E-state index is 0.0703. The zero-order valence-electron chi connectivity index (χ0n) is 11.7. The van der Waals surface area contributed by atoms with E-state index in [1.807, 2.05) is 0 Å². The van der Waals surface area contributed by atoms with E-state index in [0.29, 0.717) is 5.92 Å². The molecule has 1 N–H and O–H groups in total. The monoisotopic (exact) mass is 257 g/mol. The predicted octanol–water partition coefficient (Wildman–Crippen LogP) is 4.07. The molecular formula is C17H23NO. The van der Waals surface area contributed by atoms with Crippen molar-refractivity contribution in [3.8, 4) is 0 Å². The maximum atomic E-state index is 6.26. The first-order valence-corrected chi connectivity index (χ1v) is 7.76. The Labute approximate surface area is 115 Å². The normalized spacial score (nSPS) is 35.5. The molecular weight excluding hydrogens is 234 g/mol. The molecule has 2 unspecified atom stereocenters. The van der Waals surface area contributed by atoms with Crippen molar-refractivity contribution in [3.05, 3.63) is 29.8 Å². The number of fused-ring (bicyclic) bond motifs is 4. The largest absolute Gasteiger partial charge is 0.379 e. The third-order valence-corrected chi connectivity index (χ3v) is 5.73. The third kappa shape index (κ3) is 1.53. The lowest BCUT2D eigenvalue weighted by Gasteiger charge is -2.53. The standard InChI is InChI=1S/C17H23NO/c1-16-13-7-3-4-8-14(13)18-17(10-5-2-6-11-17)15(16)9-12-19-16/h3-4,7-8,15,18H,2,5-6,9-12H2,1H3. The van der Waals surface area contributed by atoms with E-state index >= 15 is 0 Å². The molecule has 4 rings (SSSR count).